The summed E-state index contributed by atoms with van der Waals surface area (Å²) in [5.74, 6) is 1.06. The first-order chi connectivity index (χ1) is 4.29. The molecule has 0 aromatic carbocycles. The second kappa shape index (κ2) is 3.44. The van der Waals surface area contributed by atoms with Crippen LogP contribution in [0.4, 0.5) is 0 Å². The van der Waals surface area contributed by atoms with Gasteiger partial charge in [0.1, 0.15) is 0 Å². The van der Waals surface area contributed by atoms with Crippen LogP contribution in [0.1, 0.15) is 6.92 Å². The predicted molar refractivity (Wildman–Crippen MR) is 40.7 cm³/mol. The van der Waals surface area contributed by atoms with Gasteiger partial charge in [-0.3, -0.25) is 0 Å². The van der Waals surface area contributed by atoms with E-state index in [2.05, 4.69) is 0 Å². The van der Waals surface area contributed by atoms with Gasteiger partial charge in [0.25, 0.3) is 0 Å². The summed E-state index contributed by atoms with van der Waals surface area (Å²) in [6.45, 7) is 3.89. The number of nitrogens with two attached hydrogens (primary N) is 1. The molecular weight excluding hydrogens is 134 g/mol. The molecular formula is C6H13NOS. The van der Waals surface area contributed by atoms with Gasteiger partial charge in [-0.15, -0.1) is 0 Å². The van der Waals surface area contributed by atoms with Crippen LogP contribution in [-0.2, 0) is 4.74 Å². The summed E-state index contributed by atoms with van der Waals surface area (Å²) in [6, 6.07) is 0.329. The molecule has 1 rings (SSSR count). The smallest absolute Gasteiger partial charge is 0.0607 e. The third-order valence-electron chi connectivity index (χ3n) is 1.20. The number of hydrogen-bond donors (Lipinski definition) is 1. The van der Waals surface area contributed by atoms with Gasteiger partial charge in [-0.25, -0.2) is 0 Å². The number of thioether (sulfide) groups is 1. The van der Waals surface area contributed by atoms with Crippen LogP contribution in [0.5, 0.6) is 0 Å². The Morgan fingerprint density at radius 1 is 1.78 bits per heavy atom. The van der Waals surface area contributed by atoms with Gasteiger partial charge in [0.2, 0.25) is 0 Å². The minimum atomic E-state index is 0.329. The average molecular weight is 147 g/mol. The lowest BCUT2D eigenvalue weighted by Gasteiger charge is -2.25. The molecule has 0 spiro atoms. The van der Waals surface area contributed by atoms with Gasteiger partial charge in [0, 0.05) is 11.8 Å². The van der Waals surface area contributed by atoms with E-state index >= 15 is 0 Å². The van der Waals surface area contributed by atoms with Crippen molar-refractivity contribution >= 4 is 11.8 Å². The molecule has 1 atom stereocenters. The molecule has 9 heavy (non-hydrogen) atoms. The van der Waals surface area contributed by atoms with E-state index in [-0.39, 0.29) is 0 Å². The van der Waals surface area contributed by atoms with Gasteiger partial charge < -0.3 is 10.5 Å². The maximum Gasteiger partial charge on any atom is 0.0607 e. The maximum atomic E-state index is 5.56. The van der Waals surface area contributed by atoms with Crippen LogP contribution in [0.3, 0.4) is 0 Å². The van der Waals surface area contributed by atoms with Crippen molar-refractivity contribution in [3.63, 3.8) is 0 Å². The lowest BCUT2D eigenvalue weighted by Crippen LogP contribution is -2.32. The molecule has 0 amide bonds. The zero-order valence-corrected chi connectivity index (χ0v) is 6.49. The van der Waals surface area contributed by atoms with Crippen molar-refractivity contribution in [3.05, 3.63) is 0 Å². The summed E-state index contributed by atoms with van der Waals surface area (Å²) in [5.41, 5.74) is 5.56. The van der Waals surface area contributed by atoms with E-state index in [1.807, 2.05) is 18.7 Å². The highest BCUT2D eigenvalue weighted by molar-refractivity contribution is 8.00. The summed E-state index contributed by atoms with van der Waals surface area (Å²) in [4.78, 5) is 0. The Bertz CT molecular complexity index is 83.1. The van der Waals surface area contributed by atoms with E-state index in [4.69, 9.17) is 10.5 Å². The van der Waals surface area contributed by atoms with Crippen molar-refractivity contribution in [2.75, 3.05) is 19.0 Å². The highest BCUT2D eigenvalue weighted by Gasteiger charge is 2.18. The molecule has 2 nitrogen and oxygen atoms in total. The fourth-order valence-electron chi connectivity index (χ4n) is 0.598. The molecule has 54 valence electrons. The standard InChI is InChI=1S/C6H13NOS/c1-5(7)4-9-6-2-8-3-6/h5-6H,2-4,7H2,1H3/t5-/m1/s1. The van der Waals surface area contributed by atoms with Crippen LogP contribution in [0.15, 0.2) is 0 Å². The van der Waals surface area contributed by atoms with E-state index in [1.54, 1.807) is 0 Å². The van der Waals surface area contributed by atoms with Crippen molar-refractivity contribution in [1.29, 1.82) is 0 Å². The lowest BCUT2D eigenvalue weighted by molar-refractivity contribution is 0.0455. The molecule has 1 fully saturated rings. The molecule has 2 N–H and O–H groups in total. The van der Waals surface area contributed by atoms with Crippen LogP contribution in [-0.4, -0.2) is 30.3 Å². The van der Waals surface area contributed by atoms with E-state index in [0.717, 1.165) is 24.2 Å². The number of ether oxygens (including phenoxy) is 1. The van der Waals surface area contributed by atoms with Crippen molar-refractivity contribution in [2.45, 2.75) is 18.2 Å². The Balaban J connectivity index is 1.91. The molecule has 0 radical (unpaired) electrons. The Morgan fingerprint density at radius 2 is 2.44 bits per heavy atom. The van der Waals surface area contributed by atoms with Crippen LogP contribution >= 0.6 is 11.8 Å². The predicted octanol–water partition coefficient (Wildman–Crippen LogP) is 0.466. The zero-order valence-electron chi connectivity index (χ0n) is 5.67. The molecule has 1 aliphatic heterocycles. The van der Waals surface area contributed by atoms with Gasteiger partial charge in [0.05, 0.1) is 18.5 Å². The quantitative estimate of drug-likeness (QED) is 0.630. The highest BCUT2D eigenvalue weighted by atomic mass is 32.2. The van der Waals surface area contributed by atoms with Crippen LogP contribution < -0.4 is 5.73 Å². The summed E-state index contributed by atoms with van der Waals surface area (Å²) >= 11 is 1.92. The fraction of sp³-hybridized carbons (Fsp3) is 1.00. The minimum Gasteiger partial charge on any atom is -0.379 e. The average Bonchev–Trinajstić information content (AvgIpc) is 1.60. The maximum absolute atomic E-state index is 5.56. The molecule has 0 aliphatic carbocycles. The molecule has 0 aromatic heterocycles. The van der Waals surface area contributed by atoms with Gasteiger partial charge in [-0.1, -0.05) is 0 Å². The third-order valence-corrected chi connectivity index (χ3v) is 2.66. The minimum absolute atomic E-state index is 0.329. The summed E-state index contributed by atoms with van der Waals surface area (Å²) in [6.07, 6.45) is 0. The topological polar surface area (TPSA) is 35.2 Å². The Morgan fingerprint density at radius 3 is 2.78 bits per heavy atom. The van der Waals surface area contributed by atoms with Gasteiger partial charge in [-0.05, 0) is 6.92 Å². The molecule has 0 aromatic rings. The molecule has 0 bridgehead atoms. The first-order valence-corrected chi connectivity index (χ1v) is 4.29. The number of hydrogen-bond acceptors (Lipinski definition) is 3. The van der Waals surface area contributed by atoms with E-state index in [9.17, 15) is 0 Å². The van der Waals surface area contributed by atoms with Crippen LogP contribution in [0.2, 0.25) is 0 Å². The second-order valence-corrected chi connectivity index (χ2v) is 3.80. The number of rotatable bonds is 3. The third kappa shape index (κ3) is 2.56. The molecule has 1 aliphatic rings. The van der Waals surface area contributed by atoms with Gasteiger partial charge in [-0.2, -0.15) is 11.8 Å². The van der Waals surface area contributed by atoms with Crippen LogP contribution in [0, 0.1) is 0 Å². The monoisotopic (exact) mass is 147 g/mol. The van der Waals surface area contributed by atoms with E-state index in [1.165, 1.54) is 0 Å². The normalized spacial score (nSPS) is 23.3. The first-order valence-electron chi connectivity index (χ1n) is 3.24. The van der Waals surface area contributed by atoms with Crippen molar-refractivity contribution < 1.29 is 4.74 Å². The van der Waals surface area contributed by atoms with Crippen molar-refractivity contribution in [3.8, 4) is 0 Å². The van der Waals surface area contributed by atoms with E-state index in [0.29, 0.717) is 6.04 Å². The molecule has 0 saturated carbocycles. The zero-order chi connectivity index (χ0) is 6.69. The molecule has 3 heteroatoms. The first kappa shape index (κ1) is 7.38. The molecule has 0 unspecified atom stereocenters. The summed E-state index contributed by atoms with van der Waals surface area (Å²) < 4.78 is 5.01. The largest absolute Gasteiger partial charge is 0.379 e. The van der Waals surface area contributed by atoms with Gasteiger partial charge >= 0.3 is 0 Å². The Hall–Kier alpha value is 0.270. The van der Waals surface area contributed by atoms with Crippen molar-refractivity contribution in [2.24, 2.45) is 5.73 Å². The van der Waals surface area contributed by atoms with Crippen molar-refractivity contribution in [1.82, 2.24) is 0 Å². The Kier molecular flexibility index (Phi) is 2.82. The van der Waals surface area contributed by atoms with Crippen LogP contribution in [0.25, 0.3) is 0 Å². The summed E-state index contributed by atoms with van der Waals surface area (Å²) in [7, 11) is 0. The lowest BCUT2D eigenvalue weighted by atomic mass is 10.4. The second-order valence-electron chi connectivity index (χ2n) is 2.47. The highest BCUT2D eigenvalue weighted by Crippen LogP contribution is 2.18. The Labute approximate surface area is 60.1 Å². The molecule has 1 heterocycles. The summed E-state index contributed by atoms with van der Waals surface area (Å²) in [5, 5.41) is 0.732. The SMILES string of the molecule is C[C@@H](N)CSC1COC1. The molecule has 1 saturated heterocycles. The fourth-order valence-corrected chi connectivity index (χ4v) is 1.56. The van der Waals surface area contributed by atoms with E-state index < -0.39 is 0 Å². The van der Waals surface area contributed by atoms with Gasteiger partial charge in [0.15, 0.2) is 0 Å².